The third-order valence-electron chi connectivity index (χ3n) is 4.01. The maximum absolute atomic E-state index is 12.5. The Balaban J connectivity index is 1.64. The lowest BCUT2D eigenvalue weighted by molar-refractivity contribution is 0.527. The van der Waals surface area contributed by atoms with Crippen molar-refractivity contribution in [2.24, 2.45) is 7.05 Å². The molecule has 0 radical (unpaired) electrons. The van der Waals surface area contributed by atoms with Gasteiger partial charge in [0.05, 0.1) is 28.7 Å². The zero-order chi connectivity index (χ0) is 17.6. The number of fused-ring (bicyclic) bond motifs is 2. The second-order valence-corrected chi connectivity index (χ2v) is 7.32. The highest BCUT2D eigenvalue weighted by Crippen LogP contribution is 2.18. The minimum Gasteiger partial charge on any atom is -0.408 e. The summed E-state index contributed by atoms with van der Waals surface area (Å²) in [5.41, 5.74) is 1.63. The van der Waals surface area contributed by atoms with E-state index in [1.165, 1.54) is 16.7 Å². The van der Waals surface area contributed by atoms with Crippen LogP contribution in [0.1, 0.15) is 5.82 Å². The van der Waals surface area contributed by atoms with Crippen LogP contribution in [0.4, 0.5) is 0 Å². The molecule has 0 saturated carbocycles. The molecular formula is C16H14N4O4S. The number of hydrogen-bond acceptors (Lipinski definition) is 5. The molecule has 8 nitrogen and oxygen atoms in total. The monoisotopic (exact) mass is 358 g/mol. The van der Waals surface area contributed by atoms with Gasteiger partial charge in [-0.25, -0.2) is 22.9 Å². The highest BCUT2D eigenvalue weighted by molar-refractivity contribution is 7.89. The van der Waals surface area contributed by atoms with Crippen molar-refractivity contribution in [3.05, 3.63) is 65.2 Å². The van der Waals surface area contributed by atoms with Crippen molar-refractivity contribution in [1.29, 1.82) is 0 Å². The van der Waals surface area contributed by atoms with E-state index in [4.69, 9.17) is 4.42 Å². The number of nitrogens with zero attached hydrogens (tertiary/aromatic N) is 3. The van der Waals surface area contributed by atoms with Crippen LogP contribution in [0.15, 0.2) is 62.9 Å². The van der Waals surface area contributed by atoms with E-state index >= 15 is 0 Å². The Labute approximate surface area is 142 Å². The van der Waals surface area contributed by atoms with E-state index in [0.29, 0.717) is 11.3 Å². The summed E-state index contributed by atoms with van der Waals surface area (Å²) in [7, 11) is -2.22. The van der Waals surface area contributed by atoms with Gasteiger partial charge in [-0.2, -0.15) is 0 Å². The third-order valence-corrected chi connectivity index (χ3v) is 5.41. The van der Waals surface area contributed by atoms with E-state index in [9.17, 15) is 13.2 Å². The van der Waals surface area contributed by atoms with Crippen LogP contribution in [0, 0.1) is 0 Å². The molecule has 0 spiro atoms. The van der Waals surface area contributed by atoms with E-state index in [0.717, 1.165) is 5.52 Å². The fourth-order valence-corrected chi connectivity index (χ4v) is 3.65. The molecule has 0 amide bonds. The molecule has 128 valence electrons. The van der Waals surface area contributed by atoms with Crippen LogP contribution in [0.5, 0.6) is 0 Å². The molecule has 0 fully saturated rings. The molecule has 0 bridgehead atoms. The molecule has 3 heterocycles. The van der Waals surface area contributed by atoms with Crippen molar-refractivity contribution in [3.8, 4) is 0 Å². The average molecular weight is 358 g/mol. The van der Waals surface area contributed by atoms with Gasteiger partial charge in [0.25, 0.3) is 0 Å². The molecule has 1 aromatic carbocycles. The SMILES string of the molecule is Cn1c(=O)oc2cc(S(=O)(=O)NCc3ncc4ccccn34)ccc21. The highest BCUT2D eigenvalue weighted by atomic mass is 32.2. The normalized spacial score (nSPS) is 12.2. The van der Waals surface area contributed by atoms with Gasteiger partial charge in [-0.05, 0) is 24.3 Å². The molecule has 0 aliphatic rings. The summed E-state index contributed by atoms with van der Waals surface area (Å²) in [5.74, 6) is 0.0351. The summed E-state index contributed by atoms with van der Waals surface area (Å²) in [6.45, 7) is 0.0390. The predicted molar refractivity (Wildman–Crippen MR) is 90.7 cm³/mol. The second-order valence-electron chi connectivity index (χ2n) is 5.55. The number of hydrogen-bond donors (Lipinski definition) is 1. The first-order valence-corrected chi connectivity index (χ1v) is 8.94. The van der Waals surface area contributed by atoms with Crippen molar-refractivity contribution >= 4 is 26.6 Å². The van der Waals surface area contributed by atoms with Gasteiger partial charge in [-0.1, -0.05) is 6.07 Å². The number of oxazole rings is 1. The number of pyridine rings is 1. The molecule has 0 aliphatic heterocycles. The molecule has 3 aromatic heterocycles. The van der Waals surface area contributed by atoms with E-state index in [2.05, 4.69) is 9.71 Å². The van der Waals surface area contributed by atoms with E-state index < -0.39 is 15.8 Å². The van der Waals surface area contributed by atoms with Crippen LogP contribution in [0.3, 0.4) is 0 Å². The number of aryl methyl sites for hydroxylation is 1. The lowest BCUT2D eigenvalue weighted by Crippen LogP contribution is -2.24. The van der Waals surface area contributed by atoms with Gasteiger partial charge in [0, 0.05) is 19.3 Å². The van der Waals surface area contributed by atoms with Crippen molar-refractivity contribution < 1.29 is 12.8 Å². The molecule has 1 N–H and O–H groups in total. The van der Waals surface area contributed by atoms with Crippen molar-refractivity contribution in [1.82, 2.24) is 18.7 Å². The van der Waals surface area contributed by atoms with E-state index in [-0.39, 0.29) is 17.0 Å². The summed E-state index contributed by atoms with van der Waals surface area (Å²) in [6, 6.07) is 9.92. The molecule has 9 heteroatoms. The zero-order valence-corrected chi connectivity index (χ0v) is 14.0. The quantitative estimate of drug-likeness (QED) is 0.592. The Bertz CT molecular complexity index is 1250. The van der Waals surface area contributed by atoms with Gasteiger partial charge in [0.1, 0.15) is 5.82 Å². The molecule has 0 saturated heterocycles. The summed E-state index contributed by atoms with van der Waals surface area (Å²) in [5, 5.41) is 0. The van der Waals surface area contributed by atoms with Gasteiger partial charge < -0.3 is 8.82 Å². The first kappa shape index (κ1) is 15.6. The average Bonchev–Trinajstić information content (AvgIpc) is 3.14. The first-order valence-electron chi connectivity index (χ1n) is 7.46. The van der Waals surface area contributed by atoms with Crippen LogP contribution < -0.4 is 10.5 Å². The second kappa shape index (κ2) is 5.57. The smallest absolute Gasteiger partial charge is 0.408 e. The van der Waals surface area contributed by atoms with Crippen LogP contribution in [0.25, 0.3) is 16.6 Å². The highest BCUT2D eigenvalue weighted by Gasteiger charge is 2.17. The fraction of sp³-hybridized carbons (Fsp3) is 0.125. The minimum atomic E-state index is -3.77. The Hall–Kier alpha value is -2.91. The molecule has 4 rings (SSSR count). The summed E-state index contributed by atoms with van der Waals surface area (Å²) >= 11 is 0. The number of rotatable bonds is 4. The van der Waals surface area contributed by atoms with Crippen LogP contribution in [-0.2, 0) is 23.6 Å². The lowest BCUT2D eigenvalue weighted by atomic mass is 10.3. The van der Waals surface area contributed by atoms with Crippen molar-refractivity contribution in [2.45, 2.75) is 11.4 Å². The van der Waals surface area contributed by atoms with Gasteiger partial charge in [0.15, 0.2) is 5.58 Å². The Morgan fingerprint density at radius 2 is 2.08 bits per heavy atom. The number of nitrogens with one attached hydrogen (secondary N) is 1. The topological polar surface area (TPSA) is 98.6 Å². The molecule has 0 unspecified atom stereocenters. The van der Waals surface area contributed by atoms with E-state index in [1.54, 1.807) is 19.3 Å². The van der Waals surface area contributed by atoms with Gasteiger partial charge in [-0.3, -0.25) is 4.57 Å². The first-order chi connectivity index (χ1) is 12.0. The van der Waals surface area contributed by atoms with Crippen LogP contribution in [-0.4, -0.2) is 22.4 Å². The number of imidazole rings is 1. The molecule has 0 atom stereocenters. The van der Waals surface area contributed by atoms with Crippen molar-refractivity contribution in [2.75, 3.05) is 0 Å². The summed E-state index contributed by atoms with van der Waals surface area (Å²) < 4.78 is 35.7. The largest absolute Gasteiger partial charge is 0.419 e. The maximum atomic E-state index is 12.5. The Morgan fingerprint density at radius 1 is 1.24 bits per heavy atom. The van der Waals surface area contributed by atoms with E-state index in [1.807, 2.05) is 28.8 Å². The summed E-state index contributed by atoms with van der Waals surface area (Å²) in [6.07, 6.45) is 3.49. The Morgan fingerprint density at radius 3 is 2.92 bits per heavy atom. The third kappa shape index (κ3) is 2.63. The van der Waals surface area contributed by atoms with Crippen molar-refractivity contribution in [3.63, 3.8) is 0 Å². The zero-order valence-electron chi connectivity index (χ0n) is 13.2. The standard InChI is InChI=1S/C16H14N4O4S/c1-19-13-6-5-12(8-14(13)24-16(19)21)25(22,23)18-10-15-17-9-11-4-2-3-7-20(11)15/h2-9,18H,10H2,1H3. The van der Waals surface area contributed by atoms with Crippen LogP contribution >= 0.6 is 0 Å². The maximum Gasteiger partial charge on any atom is 0.419 e. The number of aromatic nitrogens is 3. The minimum absolute atomic E-state index is 0.0233. The van der Waals surface area contributed by atoms with Gasteiger partial charge >= 0.3 is 5.76 Å². The lowest BCUT2D eigenvalue weighted by Gasteiger charge is -2.06. The van der Waals surface area contributed by atoms with Crippen LogP contribution in [0.2, 0.25) is 0 Å². The Kier molecular flexibility index (Phi) is 3.48. The predicted octanol–water partition coefficient (Wildman–Crippen LogP) is 1.26. The number of benzene rings is 1. The summed E-state index contributed by atoms with van der Waals surface area (Å²) in [4.78, 5) is 15.8. The fourth-order valence-electron chi connectivity index (χ4n) is 2.65. The molecular weight excluding hydrogens is 344 g/mol. The molecule has 4 aromatic rings. The van der Waals surface area contributed by atoms with Gasteiger partial charge in [0.2, 0.25) is 10.0 Å². The molecule has 0 aliphatic carbocycles. The number of sulfonamides is 1. The molecule has 25 heavy (non-hydrogen) atoms. The van der Waals surface area contributed by atoms with Gasteiger partial charge in [-0.15, -0.1) is 0 Å².